The molecule has 19 unspecified atom stereocenters. The van der Waals surface area contributed by atoms with Crippen LogP contribution >= 0.6 is 0 Å². The summed E-state index contributed by atoms with van der Waals surface area (Å²) in [6, 6.07) is 0. The highest BCUT2D eigenvalue weighted by molar-refractivity contribution is 5.85. The van der Waals surface area contributed by atoms with Gasteiger partial charge in [-0.25, -0.2) is 4.79 Å². The highest BCUT2D eigenvalue weighted by atomic mass is 16.7. The zero-order valence-electron chi connectivity index (χ0n) is 30.3. The smallest absolute Gasteiger partial charge is 0.331 e. The summed E-state index contributed by atoms with van der Waals surface area (Å²) >= 11 is 0. The van der Waals surface area contributed by atoms with Gasteiger partial charge in [0.1, 0.15) is 55.4 Å². The van der Waals surface area contributed by atoms with Gasteiger partial charge in [-0.15, -0.1) is 0 Å². The fraction of sp³-hybridized carbons (Fsp3) is 0.892. The average Bonchev–Trinajstić information content (AvgIpc) is 3.61. The molecule has 0 radical (unpaired) electrons. The van der Waals surface area contributed by atoms with Gasteiger partial charge >= 0.3 is 11.9 Å². The van der Waals surface area contributed by atoms with Gasteiger partial charge in [0.25, 0.3) is 0 Å². The number of carbonyl (C=O) groups is 2. The molecule has 0 spiro atoms. The molecule has 3 heterocycles. The molecule has 52 heavy (non-hydrogen) atoms. The third-order valence-corrected chi connectivity index (χ3v) is 14.4. The Morgan fingerprint density at radius 1 is 0.904 bits per heavy atom. The minimum Gasteiger partial charge on any atom is -0.462 e. The second-order valence-corrected chi connectivity index (χ2v) is 17.1. The van der Waals surface area contributed by atoms with E-state index < -0.39 is 97.1 Å². The van der Waals surface area contributed by atoms with Crippen molar-refractivity contribution in [3.63, 3.8) is 0 Å². The highest BCUT2D eigenvalue weighted by Gasteiger charge is 2.71. The summed E-state index contributed by atoms with van der Waals surface area (Å²) in [5.74, 6) is -0.667. The molecule has 7 rings (SSSR count). The second-order valence-electron chi connectivity index (χ2n) is 17.1. The van der Waals surface area contributed by atoms with Gasteiger partial charge in [-0.2, -0.15) is 0 Å². The summed E-state index contributed by atoms with van der Waals surface area (Å²) in [4.78, 5) is 24.3. The number of rotatable bonds is 7. The first-order valence-corrected chi connectivity index (χ1v) is 18.9. The van der Waals surface area contributed by atoms with E-state index in [-0.39, 0.29) is 41.8 Å². The molecule has 4 saturated carbocycles. The summed E-state index contributed by atoms with van der Waals surface area (Å²) in [5, 5.41) is 75.2. The van der Waals surface area contributed by atoms with Gasteiger partial charge < -0.3 is 64.2 Å². The standard InChI is InChI=1S/C37H56O15/c1-16-32(52-34-30(44)28(42)27(41)24(14-38)51-34)29(43)31(45)33(48-16)50-20-7-9-35(3)19(12-20)5-6-22-21(35)8-10-36(4)26(18-11-25(40)47-15-18)23(49-17(2)39)13-37(22,36)46/h11,16,19-24,26-34,38,41-46H,5-10,12-15H2,1-4H3. The number of ether oxygens (including phenoxy) is 6. The number of aliphatic hydroxyl groups excluding tert-OH is 6. The van der Waals surface area contributed by atoms with E-state index in [4.69, 9.17) is 28.4 Å². The fourth-order valence-corrected chi connectivity index (χ4v) is 11.7. The molecule has 19 atom stereocenters. The third-order valence-electron chi connectivity index (χ3n) is 14.4. The lowest BCUT2D eigenvalue weighted by Crippen LogP contribution is -2.64. The van der Waals surface area contributed by atoms with Crippen LogP contribution in [0, 0.1) is 34.5 Å². The quantitative estimate of drug-likeness (QED) is 0.133. The molecule has 7 N–H and O–H groups in total. The molecule has 6 fully saturated rings. The average molecular weight is 741 g/mol. The van der Waals surface area contributed by atoms with E-state index in [1.807, 2.05) is 0 Å². The van der Waals surface area contributed by atoms with Crippen LogP contribution in [-0.4, -0.2) is 140 Å². The molecule has 3 aliphatic heterocycles. The van der Waals surface area contributed by atoms with Crippen molar-refractivity contribution in [2.45, 2.75) is 158 Å². The van der Waals surface area contributed by atoms with Crippen LogP contribution in [0.1, 0.15) is 79.1 Å². The summed E-state index contributed by atoms with van der Waals surface area (Å²) in [6.45, 7) is 6.90. The lowest BCUT2D eigenvalue weighted by Gasteiger charge is -2.63. The Kier molecular flexibility index (Phi) is 10.4. The summed E-state index contributed by atoms with van der Waals surface area (Å²) in [7, 11) is 0. The molecular formula is C37H56O15. The van der Waals surface area contributed by atoms with Gasteiger partial charge in [0, 0.05) is 30.8 Å². The number of hydrogen-bond acceptors (Lipinski definition) is 15. The van der Waals surface area contributed by atoms with Gasteiger partial charge in [-0.05, 0) is 80.6 Å². The van der Waals surface area contributed by atoms with Crippen molar-refractivity contribution in [1.82, 2.24) is 0 Å². The zero-order chi connectivity index (χ0) is 37.5. The largest absolute Gasteiger partial charge is 0.462 e. The topological polar surface area (TPSA) is 231 Å². The number of esters is 2. The molecule has 7 aliphatic rings. The zero-order valence-corrected chi connectivity index (χ0v) is 30.3. The number of hydrogen-bond donors (Lipinski definition) is 7. The van der Waals surface area contributed by atoms with E-state index >= 15 is 0 Å². The van der Waals surface area contributed by atoms with E-state index in [0.29, 0.717) is 25.7 Å². The molecule has 0 aromatic rings. The van der Waals surface area contributed by atoms with Crippen LogP contribution in [0.5, 0.6) is 0 Å². The van der Waals surface area contributed by atoms with E-state index in [1.54, 1.807) is 6.92 Å². The van der Waals surface area contributed by atoms with E-state index in [1.165, 1.54) is 13.0 Å². The Morgan fingerprint density at radius 2 is 1.62 bits per heavy atom. The van der Waals surface area contributed by atoms with Crippen LogP contribution in [0.15, 0.2) is 11.6 Å². The Bertz CT molecular complexity index is 1390. The van der Waals surface area contributed by atoms with Crippen molar-refractivity contribution in [3.8, 4) is 0 Å². The molecule has 4 aliphatic carbocycles. The molecular weight excluding hydrogens is 684 g/mol. The van der Waals surface area contributed by atoms with E-state index in [2.05, 4.69) is 13.8 Å². The van der Waals surface area contributed by atoms with Crippen molar-refractivity contribution in [3.05, 3.63) is 11.6 Å². The van der Waals surface area contributed by atoms with Gasteiger partial charge in [0.05, 0.1) is 24.4 Å². The lowest BCUT2D eigenvalue weighted by molar-refractivity contribution is -0.360. The Balaban J connectivity index is 1.01. The predicted molar refractivity (Wildman–Crippen MR) is 177 cm³/mol. The van der Waals surface area contributed by atoms with Gasteiger partial charge in [-0.3, -0.25) is 4.79 Å². The van der Waals surface area contributed by atoms with Crippen molar-refractivity contribution in [1.29, 1.82) is 0 Å². The predicted octanol–water partition coefficient (Wildman–Crippen LogP) is -0.178. The Morgan fingerprint density at radius 3 is 2.29 bits per heavy atom. The molecule has 0 amide bonds. The number of cyclic esters (lactones) is 1. The van der Waals surface area contributed by atoms with Gasteiger partial charge in [0.15, 0.2) is 12.6 Å². The normalized spacial score (nSPS) is 53.3. The number of fused-ring (bicyclic) bond motifs is 5. The maximum absolute atomic E-state index is 12.8. The first kappa shape index (κ1) is 38.5. The molecule has 294 valence electrons. The third kappa shape index (κ3) is 6.16. The molecule has 2 saturated heterocycles. The molecule has 15 heteroatoms. The monoisotopic (exact) mass is 740 g/mol. The minimum atomic E-state index is -1.68. The van der Waals surface area contributed by atoms with Crippen LogP contribution in [0.2, 0.25) is 0 Å². The summed E-state index contributed by atoms with van der Waals surface area (Å²) in [5.41, 5.74) is -1.02. The Hall–Kier alpha value is -1.76. The van der Waals surface area contributed by atoms with Crippen molar-refractivity contribution in [2.24, 2.45) is 34.5 Å². The maximum atomic E-state index is 12.8. The minimum absolute atomic E-state index is 0.0215. The van der Waals surface area contributed by atoms with Gasteiger partial charge in [0.2, 0.25) is 0 Å². The van der Waals surface area contributed by atoms with Crippen molar-refractivity contribution >= 4 is 11.9 Å². The van der Waals surface area contributed by atoms with Crippen molar-refractivity contribution < 1.29 is 73.8 Å². The number of aliphatic hydroxyl groups is 7. The summed E-state index contributed by atoms with van der Waals surface area (Å²) < 4.78 is 34.7. The van der Waals surface area contributed by atoms with Gasteiger partial charge in [-0.1, -0.05) is 13.8 Å². The van der Waals surface area contributed by atoms with Crippen LogP contribution in [0.4, 0.5) is 0 Å². The lowest BCUT2D eigenvalue weighted by atomic mass is 9.43. The molecule has 15 nitrogen and oxygen atoms in total. The fourth-order valence-electron chi connectivity index (χ4n) is 11.7. The molecule has 0 aromatic heterocycles. The SMILES string of the molecule is CC(=O)OC1CC2(O)C3CCC4CC(OC5OC(C)C(OC6OC(CO)C(O)C(O)C6O)C(O)C5O)CCC4(C)C3CCC2(C)C1C1=CC(=O)OC1. The Labute approximate surface area is 303 Å². The maximum Gasteiger partial charge on any atom is 0.331 e. The molecule has 0 bridgehead atoms. The van der Waals surface area contributed by atoms with Crippen LogP contribution < -0.4 is 0 Å². The van der Waals surface area contributed by atoms with E-state index in [9.17, 15) is 45.3 Å². The first-order valence-electron chi connectivity index (χ1n) is 18.9. The van der Waals surface area contributed by atoms with Crippen molar-refractivity contribution in [2.75, 3.05) is 13.2 Å². The summed E-state index contributed by atoms with van der Waals surface area (Å²) in [6.07, 6.45) is -7.32. The first-order chi connectivity index (χ1) is 24.5. The second kappa shape index (κ2) is 14.1. The van der Waals surface area contributed by atoms with Crippen LogP contribution in [0.3, 0.4) is 0 Å². The highest BCUT2D eigenvalue weighted by Crippen LogP contribution is 2.70. The van der Waals surface area contributed by atoms with E-state index in [0.717, 1.165) is 31.3 Å². The van der Waals surface area contributed by atoms with Crippen LogP contribution in [0.25, 0.3) is 0 Å². The molecule has 0 aromatic carbocycles. The van der Waals surface area contributed by atoms with Crippen LogP contribution in [-0.2, 0) is 38.0 Å². The number of carbonyl (C=O) groups excluding carboxylic acids is 2.